The number of rotatable bonds is 8. The number of aliphatic hydroxyl groups excluding tert-OH is 1. The van der Waals surface area contributed by atoms with Gasteiger partial charge in [0.2, 0.25) is 0 Å². The van der Waals surface area contributed by atoms with Crippen molar-refractivity contribution < 1.29 is 9.84 Å². The Morgan fingerprint density at radius 1 is 0.935 bits per heavy atom. The van der Waals surface area contributed by atoms with Crippen molar-refractivity contribution in [2.45, 2.75) is 32.1 Å². The van der Waals surface area contributed by atoms with E-state index >= 15 is 0 Å². The Hall–Kier alpha value is -1.76. The Bertz CT molecular complexity index is 800. The number of hydrogen-bond acceptors (Lipinski definition) is 5. The zero-order chi connectivity index (χ0) is 21.6. The standard InChI is InChI=1S/C26H37N3O2/c1-21(29-15-13-28(14-16-29)17-18-30)23-7-9-25(10-8-23)24-5-3-22(4-6-24)20-31-26-11-12-27(2)19-26/h3-10,21,26,30H,11-20H2,1-2H3. The Balaban J connectivity index is 1.30. The molecule has 0 bridgehead atoms. The number of piperazine rings is 1. The van der Waals surface area contributed by atoms with Crippen LogP contribution >= 0.6 is 0 Å². The van der Waals surface area contributed by atoms with Crippen LogP contribution in [0.4, 0.5) is 0 Å². The van der Waals surface area contributed by atoms with Crippen LogP contribution in [0.2, 0.25) is 0 Å². The molecule has 2 unspecified atom stereocenters. The molecule has 0 saturated carbocycles. The molecule has 0 aliphatic carbocycles. The molecule has 2 heterocycles. The Labute approximate surface area is 187 Å². The van der Waals surface area contributed by atoms with E-state index in [-0.39, 0.29) is 6.61 Å². The van der Waals surface area contributed by atoms with Crippen LogP contribution in [0, 0.1) is 0 Å². The van der Waals surface area contributed by atoms with Crippen LogP contribution in [-0.4, -0.2) is 85.4 Å². The zero-order valence-corrected chi connectivity index (χ0v) is 19.0. The number of likely N-dealkylation sites (N-methyl/N-ethyl adjacent to an activating group) is 1. The Morgan fingerprint density at radius 3 is 2.16 bits per heavy atom. The number of ether oxygens (including phenoxy) is 1. The Kier molecular flexibility index (Phi) is 7.75. The average molecular weight is 424 g/mol. The summed E-state index contributed by atoms with van der Waals surface area (Å²) in [6, 6.07) is 18.2. The van der Waals surface area contributed by atoms with Crippen LogP contribution in [0.25, 0.3) is 11.1 Å². The first-order valence-corrected chi connectivity index (χ1v) is 11.7. The SMILES string of the molecule is CC(c1ccc(-c2ccc(COC3CCN(C)C3)cc2)cc1)N1CCN(CCO)CC1. The number of β-amino-alcohol motifs (C(OH)–C–C–N with tert-alkyl or cyclic N) is 1. The van der Waals surface area contributed by atoms with Crippen molar-refractivity contribution in [1.82, 2.24) is 14.7 Å². The molecule has 5 nitrogen and oxygen atoms in total. The summed E-state index contributed by atoms with van der Waals surface area (Å²) in [5.41, 5.74) is 5.12. The van der Waals surface area contributed by atoms with Crippen molar-refractivity contribution in [2.75, 3.05) is 59.5 Å². The van der Waals surface area contributed by atoms with E-state index in [1.54, 1.807) is 0 Å². The van der Waals surface area contributed by atoms with Crippen molar-refractivity contribution in [1.29, 1.82) is 0 Å². The average Bonchev–Trinajstić information content (AvgIpc) is 3.23. The highest BCUT2D eigenvalue weighted by atomic mass is 16.5. The zero-order valence-electron chi connectivity index (χ0n) is 19.0. The van der Waals surface area contributed by atoms with Gasteiger partial charge in [-0.1, -0.05) is 48.5 Å². The van der Waals surface area contributed by atoms with E-state index in [9.17, 15) is 0 Å². The first-order valence-electron chi connectivity index (χ1n) is 11.7. The lowest BCUT2D eigenvalue weighted by Gasteiger charge is -2.38. The van der Waals surface area contributed by atoms with E-state index < -0.39 is 0 Å². The van der Waals surface area contributed by atoms with Crippen LogP contribution in [0.3, 0.4) is 0 Å². The maximum absolute atomic E-state index is 9.12. The fraction of sp³-hybridized carbons (Fsp3) is 0.538. The number of likely N-dealkylation sites (tertiary alicyclic amines) is 1. The lowest BCUT2D eigenvalue weighted by molar-refractivity contribution is 0.0483. The van der Waals surface area contributed by atoms with Crippen LogP contribution in [0.15, 0.2) is 48.5 Å². The Morgan fingerprint density at radius 2 is 1.58 bits per heavy atom. The van der Waals surface area contributed by atoms with Crippen LogP contribution < -0.4 is 0 Å². The van der Waals surface area contributed by atoms with Crippen molar-refractivity contribution >= 4 is 0 Å². The fourth-order valence-electron chi connectivity index (χ4n) is 4.72. The molecule has 2 saturated heterocycles. The van der Waals surface area contributed by atoms with Crippen LogP contribution in [0.5, 0.6) is 0 Å². The normalized spacial score (nSPS) is 22.1. The summed E-state index contributed by atoms with van der Waals surface area (Å²) in [6.07, 6.45) is 1.51. The fourth-order valence-corrected chi connectivity index (χ4v) is 4.72. The smallest absolute Gasteiger partial charge is 0.0721 e. The van der Waals surface area contributed by atoms with E-state index in [0.717, 1.165) is 52.2 Å². The van der Waals surface area contributed by atoms with Gasteiger partial charge in [0.1, 0.15) is 0 Å². The minimum Gasteiger partial charge on any atom is -0.395 e. The van der Waals surface area contributed by atoms with Crippen molar-refractivity contribution in [3.8, 4) is 11.1 Å². The maximum atomic E-state index is 9.12. The van der Waals surface area contributed by atoms with E-state index in [2.05, 4.69) is 77.2 Å². The summed E-state index contributed by atoms with van der Waals surface area (Å²) in [5, 5.41) is 9.12. The molecule has 31 heavy (non-hydrogen) atoms. The second kappa shape index (κ2) is 10.7. The monoisotopic (exact) mass is 423 g/mol. The van der Waals surface area contributed by atoms with Gasteiger partial charge in [-0.2, -0.15) is 0 Å². The quantitative estimate of drug-likeness (QED) is 0.706. The van der Waals surface area contributed by atoms with Gasteiger partial charge in [-0.3, -0.25) is 9.80 Å². The second-order valence-electron chi connectivity index (χ2n) is 9.08. The third-order valence-corrected chi connectivity index (χ3v) is 6.88. The van der Waals surface area contributed by atoms with Crippen LogP contribution in [-0.2, 0) is 11.3 Å². The molecule has 0 aromatic heterocycles. The molecule has 168 valence electrons. The minimum atomic E-state index is 0.253. The predicted octanol–water partition coefficient (Wildman–Crippen LogP) is 3.25. The highest BCUT2D eigenvalue weighted by molar-refractivity contribution is 5.64. The topological polar surface area (TPSA) is 39.2 Å². The first-order chi connectivity index (χ1) is 15.1. The number of nitrogens with zero attached hydrogens (tertiary/aromatic N) is 3. The first kappa shape index (κ1) is 22.4. The molecule has 5 heteroatoms. The molecule has 2 aliphatic heterocycles. The number of hydrogen-bond donors (Lipinski definition) is 1. The molecule has 2 aromatic rings. The van der Waals surface area contributed by atoms with Gasteiger partial charge in [0, 0.05) is 51.9 Å². The summed E-state index contributed by atoms with van der Waals surface area (Å²) in [6.45, 7) is 10.4. The summed E-state index contributed by atoms with van der Waals surface area (Å²) in [4.78, 5) is 7.21. The molecule has 4 rings (SSSR count). The number of aliphatic hydroxyl groups is 1. The van der Waals surface area contributed by atoms with E-state index in [1.807, 2.05) is 0 Å². The third kappa shape index (κ3) is 5.93. The van der Waals surface area contributed by atoms with Gasteiger partial charge in [-0.25, -0.2) is 0 Å². The molecular formula is C26H37N3O2. The number of benzene rings is 2. The van der Waals surface area contributed by atoms with E-state index in [1.165, 1.54) is 22.3 Å². The van der Waals surface area contributed by atoms with Crippen molar-refractivity contribution in [3.63, 3.8) is 0 Å². The molecule has 2 atom stereocenters. The minimum absolute atomic E-state index is 0.253. The van der Waals surface area contributed by atoms with Gasteiger partial charge in [0.05, 0.1) is 19.3 Å². The molecule has 0 amide bonds. The molecular weight excluding hydrogens is 386 g/mol. The van der Waals surface area contributed by atoms with Gasteiger partial charge < -0.3 is 14.7 Å². The molecule has 2 fully saturated rings. The van der Waals surface area contributed by atoms with Gasteiger partial charge >= 0.3 is 0 Å². The van der Waals surface area contributed by atoms with Crippen molar-refractivity contribution in [3.05, 3.63) is 59.7 Å². The van der Waals surface area contributed by atoms with E-state index in [4.69, 9.17) is 9.84 Å². The van der Waals surface area contributed by atoms with Gasteiger partial charge in [0.25, 0.3) is 0 Å². The molecule has 0 spiro atoms. The third-order valence-electron chi connectivity index (χ3n) is 6.88. The summed E-state index contributed by atoms with van der Waals surface area (Å²) < 4.78 is 6.06. The molecule has 0 radical (unpaired) electrons. The van der Waals surface area contributed by atoms with Crippen LogP contribution in [0.1, 0.15) is 30.5 Å². The van der Waals surface area contributed by atoms with Gasteiger partial charge in [-0.05, 0) is 42.6 Å². The maximum Gasteiger partial charge on any atom is 0.0721 e. The lowest BCUT2D eigenvalue weighted by Crippen LogP contribution is -2.47. The summed E-state index contributed by atoms with van der Waals surface area (Å²) >= 11 is 0. The van der Waals surface area contributed by atoms with Gasteiger partial charge in [0.15, 0.2) is 0 Å². The predicted molar refractivity (Wildman–Crippen MR) is 126 cm³/mol. The largest absolute Gasteiger partial charge is 0.395 e. The summed E-state index contributed by atoms with van der Waals surface area (Å²) in [7, 11) is 2.16. The highest BCUT2D eigenvalue weighted by Crippen LogP contribution is 2.26. The molecule has 2 aliphatic rings. The second-order valence-corrected chi connectivity index (χ2v) is 9.08. The van der Waals surface area contributed by atoms with Crippen molar-refractivity contribution in [2.24, 2.45) is 0 Å². The van der Waals surface area contributed by atoms with E-state index in [0.29, 0.717) is 18.8 Å². The van der Waals surface area contributed by atoms with Gasteiger partial charge in [-0.15, -0.1) is 0 Å². The molecule has 2 aromatic carbocycles. The highest BCUT2D eigenvalue weighted by Gasteiger charge is 2.22. The lowest BCUT2D eigenvalue weighted by atomic mass is 9.99. The molecule has 1 N–H and O–H groups in total. The summed E-state index contributed by atoms with van der Waals surface area (Å²) in [5.74, 6) is 0.